The summed E-state index contributed by atoms with van der Waals surface area (Å²) < 4.78 is 5.39. The van der Waals surface area contributed by atoms with Crippen molar-refractivity contribution in [2.45, 2.75) is 24.9 Å². The Morgan fingerprint density at radius 3 is 2.69 bits per heavy atom. The molecule has 2 aromatic carbocycles. The van der Waals surface area contributed by atoms with Crippen LogP contribution in [0.1, 0.15) is 29.6 Å². The van der Waals surface area contributed by atoms with Gasteiger partial charge in [-0.05, 0) is 56.1 Å². The summed E-state index contributed by atoms with van der Waals surface area (Å²) in [4.78, 5) is 12.4. The van der Waals surface area contributed by atoms with Gasteiger partial charge in [0.25, 0.3) is 5.91 Å². The molecule has 5 heteroatoms. The molecule has 2 aromatic rings. The molecule has 1 aliphatic rings. The van der Waals surface area contributed by atoms with Crippen molar-refractivity contribution in [3.8, 4) is 16.9 Å². The fourth-order valence-electron chi connectivity index (χ4n) is 3.32. The molecule has 0 aromatic heterocycles. The highest BCUT2D eigenvalue weighted by atomic mass is 16.5. The highest BCUT2D eigenvalue weighted by molar-refractivity contribution is 5.94. The Labute approximate surface area is 154 Å². The van der Waals surface area contributed by atoms with E-state index in [2.05, 4.69) is 10.6 Å². The van der Waals surface area contributed by atoms with Crippen LogP contribution in [0.2, 0.25) is 0 Å². The minimum atomic E-state index is -0.823. The van der Waals surface area contributed by atoms with E-state index in [1.54, 1.807) is 19.2 Å². The average Bonchev–Trinajstić information content (AvgIpc) is 2.91. The largest absolute Gasteiger partial charge is 0.496 e. The summed E-state index contributed by atoms with van der Waals surface area (Å²) in [6, 6.07) is 15.2. The van der Waals surface area contributed by atoms with Crippen LogP contribution in [-0.2, 0) is 0 Å². The van der Waals surface area contributed by atoms with Gasteiger partial charge in [0.05, 0.1) is 12.7 Å². The molecule has 0 unspecified atom stereocenters. The maximum absolute atomic E-state index is 12.4. The number of ether oxygens (including phenoxy) is 1. The van der Waals surface area contributed by atoms with Gasteiger partial charge in [0, 0.05) is 17.7 Å². The van der Waals surface area contributed by atoms with E-state index in [0.717, 1.165) is 36.4 Å². The van der Waals surface area contributed by atoms with Gasteiger partial charge < -0.3 is 20.5 Å². The van der Waals surface area contributed by atoms with E-state index in [0.29, 0.717) is 18.4 Å². The zero-order chi connectivity index (χ0) is 18.4. The Balaban J connectivity index is 1.65. The fourth-order valence-corrected chi connectivity index (χ4v) is 3.32. The quantitative estimate of drug-likeness (QED) is 0.772. The molecule has 1 saturated heterocycles. The van der Waals surface area contributed by atoms with Gasteiger partial charge in [0.15, 0.2) is 0 Å². The lowest BCUT2D eigenvalue weighted by molar-refractivity contribution is 0.0276. The maximum Gasteiger partial charge on any atom is 0.251 e. The SMILES string of the molecule is COc1ccccc1-c1ccc(C(=O)NC[C@@]2(O)CCCNCC2)cc1. The molecular formula is C21H26N2O3. The minimum absolute atomic E-state index is 0.165. The highest BCUT2D eigenvalue weighted by Gasteiger charge is 2.28. The molecule has 0 spiro atoms. The van der Waals surface area contributed by atoms with Crippen molar-refractivity contribution in [3.05, 3.63) is 54.1 Å². The molecule has 0 saturated carbocycles. The minimum Gasteiger partial charge on any atom is -0.496 e. The third-order valence-corrected chi connectivity index (χ3v) is 4.91. The predicted octanol–water partition coefficient (Wildman–Crippen LogP) is 2.60. The molecule has 138 valence electrons. The van der Waals surface area contributed by atoms with Crippen molar-refractivity contribution < 1.29 is 14.6 Å². The number of rotatable bonds is 5. The van der Waals surface area contributed by atoms with Gasteiger partial charge in [-0.3, -0.25) is 4.79 Å². The number of para-hydroxylation sites is 1. The van der Waals surface area contributed by atoms with Crippen molar-refractivity contribution in [1.29, 1.82) is 0 Å². The molecule has 0 radical (unpaired) electrons. The summed E-state index contributed by atoms with van der Waals surface area (Å²) in [5.74, 6) is 0.635. The van der Waals surface area contributed by atoms with Crippen molar-refractivity contribution in [1.82, 2.24) is 10.6 Å². The Hall–Kier alpha value is -2.37. The number of hydrogen-bond donors (Lipinski definition) is 3. The van der Waals surface area contributed by atoms with Crippen LogP contribution in [0.4, 0.5) is 0 Å². The third kappa shape index (κ3) is 4.42. The van der Waals surface area contributed by atoms with Gasteiger partial charge in [0.2, 0.25) is 0 Å². The van der Waals surface area contributed by atoms with Gasteiger partial charge in [-0.25, -0.2) is 0 Å². The molecule has 26 heavy (non-hydrogen) atoms. The second kappa shape index (κ2) is 8.34. The van der Waals surface area contributed by atoms with Crippen LogP contribution in [0.3, 0.4) is 0 Å². The van der Waals surface area contributed by atoms with E-state index in [1.165, 1.54) is 0 Å². The average molecular weight is 354 g/mol. The molecule has 3 N–H and O–H groups in total. The Bertz CT molecular complexity index is 735. The molecule has 1 heterocycles. The summed E-state index contributed by atoms with van der Waals surface area (Å²) >= 11 is 0. The Morgan fingerprint density at radius 1 is 1.15 bits per heavy atom. The number of methoxy groups -OCH3 is 1. The molecule has 1 amide bonds. The second-order valence-electron chi connectivity index (χ2n) is 6.79. The van der Waals surface area contributed by atoms with Crippen LogP contribution in [0.15, 0.2) is 48.5 Å². The molecule has 0 bridgehead atoms. The van der Waals surface area contributed by atoms with Crippen LogP contribution in [0.25, 0.3) is 11.1 Å². The van der Waals surface area contributed by atoms with E-state index in [1.807, 2.05) is 36.4 Å². The molecule has 0 aliphatic carbocycles. The number of carbonyl (C=O) groups excluding carboxylic acids is 1. The lowest BCUT2D eigenvalue weighted by atomic mass is 9.94. The van der Waals surface area contributed by atoms with E-state index in [9.17, 15) is 9.90 Å². The standard InChI is InChI=1S/C21H26N2O3/c1-26-19-6-3-2-5-18(19)16-7-9-17(10-8-16)20(24)23-15-21(25)11-4-13-22-14-12-21/h2-3,5-10,22,25H,4,11-15H2,1H3,(H,23,24)/t21-/m1/s1. The molecule has 5 nitrogen and oxygen atoms in total. The number of benzene rings is 2. The number of hydrogen-bond acceptors (Lipinski definition) is 4. The molecule has 1 aliphatic heterocycles. The van der Waals surface area contributed by atoms with Crippen LogP contribution >= 0.6 is 0 Å². The molecular weight excluding hydrogens is 328 g/mol. The van der Waals surface area contributed by atoms with Gasteiger partial charge in [-0.15, -0.1) is 0 Å². The van der Waals surface area contributed by atoms with E-state index >= 15 is 0 Å². The van der Waals surface area contributed by atoms with Gasteiger partial charge in [-0.2, -0.15) is 0 Å². The van der Waals surface area contributed by atoms with Crippen LogP contribution in [0, 0.1) is 0 Å². The first-order valence-electron chi connectivity index (χ1n) is 9.06. The Morgan fingerprint density at radius 2 is 1.92 bits per heavy atom. The number of amides is 1. The molecule has 1 atom stereocenters. The highest BCUT2D eigenvalue weighted by Crippen LogP contribution is 2.29. The zero-order valence-electron chi connectivity index (χ0n) is 15.1. The van der Waals surface area contributed by atoms with Crippen LogP contribution in [0.5, 0.6) is 5.75 Å². The van der Waals surface area contributed by atoms with Gasteiger partial charge in [0.1, 0.15) is 5.75 Å². The number of nitrogens with one attached hydrogen (secondary N) is 2. The first-order chi connectivity index (χ1) is 12.6. The maximum atomic E-state index is 12.4. The molecule has 3 rings (SSSR count). The first kappa shape index (κ1) is 18.4. The Kier molecular flexibility index (Phi) is 5.91. The normalized spacial score (nSPS) is 20.2. The van der Waals surface area contributed by atoms with Crippen molar-refractivity contribution in [3.63, 3.8) is 0 Å². The summed E-state index contributed by atoms with van der Waals surface area (Å²) in [5, 5.41) is 16.8. The van der Waals surface area contributed by atoms with E-state index in [4.69, 9.17) is 4.74 Å². The summed E-state index contributed by atoms with van der Waals surface area (Å²) in [7, 11) is 1.65. The van der Waals surface area contributed by atoms with Crippen molar-refractivity contribution in [2.24, 2.45) is 0 Å². The first-order valence-corrected chi connectivity index (χ1v) is 9.06. The van der Waals surface area contributed by atoms with E-state index < -0.39 is 5.60 Å². The second-order valence-corrected chi connectivity index (χ2v) is 6.79. The monoisotopic (exact) mass is 354 g/mol. The number of aliphatic hydroxyl groups is 1. The lowest BCUT2D eigenvalue weighted by Gasteiger charge is -2.26. The smallest absolute Gasteiger partial charge is 0.251 e. The van der Waals surface area contributed by atoms with Gasteiger partial charge in [-0.1, -0.05) is 30.3 Å². The zero-order valence-corrected chi connectivity index (χ0v) is 15.1. The third-order valence-electron chi connectivity index (χ3n) is 4.91. The summed E-state index contributed by atoms with van der Waals surface area (Å²) in [6.07, 6.45) is 2.27. The number of carbonyl (C=O) groups is 1. The van der Waals surface area contributed by atoms with Gasteiger partial charge >= 0.3 is 0 Å². The summed E-state index contributed by atoms with van der Waals surface area (Å²) in [6.45, 7) is 1.97. The summed E-state index contributed by atoms with van der Waals surface area (Å²) in [5.41, 5.74) is 1.74. The predicted molar refractivity (Wildman–Crippen MR) is 102 cm³/mol. The van der Waals surface area contributed by atoms with Crippen LogP contribution < -0.4 is 15.4 Å². The van der Waals surface area contributed by atoms with E-state index in [-0.39, 0.29) is 12.5 Å². The topological polar surface area (TPSA) is 70.6 Å². The van der Waals surface area contributed by atoms with Crippen LogP contribution in [-0.4, -0.2) is 43.4 Å². The van der Waals surface area contributed by atoms with Crippen molar-refractivity contribution in [2.75, 3.05) is 26.7 Å². The lowest BCUT2D eigenvalue weighted by Crippen LogP contribution is -2.43. The molecule has 1 fully saturated rings. The fraction of sp³-hybridized carbons (Fsp3) is 0.381. The van der Waals surface area contributed by atoms with Crippen molar-refractivity contribution >= 4 is 5.91 Å².